The van der Waals surface area contributed by atoms with Crippen LogP contribution in [0.5, 0.6) is 0 Å². The number of carboxylic acids is 1. The van der Waals surface area contributed by atoms with Crippen molar-refractivity contribution in [3.63, 3.8) is 0 Å². The first-order chi connectivity index (χ1) is 24.5. The third-order valence-electron chi connectivity index (χ3n) is 8.41. The number of carbonyl (C=O) groups excluding carboxylic acids is 1. The Labute approximate surface area is 332 Å². The number of benzene rings is 1. The molecule has 23 heteroatoms. The second-order valence-corrected chi connectivity index (χ2v) is 32.7. The molecule has 1 aromatic rings. The molecule has 0 N–H and O–H groups in total. The average Bonchev–Trinajstić information content (AvgIpc) is 3.02. The minimum absolute atomic E-state index is 0.220. The van der Waals surface area contributed by atoms with E-state index in [-0.39, 0.29) is 5.56 Å². The van der Waals surface area contributed by atoms with Gasteiger partial charge in [0.25, 0.3) is 0 Å². The molecule has 0 unspecified atom stereocenters. The fourth-order valence-corrected chi connectivity index (χ4v) is 30.8. The summed E-state index contributed by atoms with van der Waals surface area (Å²) in [4.78, 5) is 10.1. The summed E-state index contributed by atoms with van der Waals surface area (Å²) < 4.78 is 51.2. The van der Waals surface area contributed by atoms with Crippen molar-refractivity contribution in [1.29, 1.82) is 0 Å². The Bertz CT molecular complexity index is 1260. The molecule has 18 nitrogen and oxygen atoms in total. The molecule has 1 aromatic carbocycles. The van der Waals surface area contributed by atoms with Crippen molar-refractivity contribution in [3.8, 4) is 0 Å². The lowest BCUT2D eigenvalue weighted by Gasteiger charge is -2.44. The zero-order valence-corrected chi connectivity index (χ0v) is 42.6. The van der Waals surface area contributed by atoms with Crippen LogP contribution in [0.1, 0.15) is 10.4 Å². The maximum Gasteiger partial charge on any atom is 0.502 e. The summed E-state index contributed by atoms with van der Waals surface area (Å²) >= 11 is 0. The highest BCUT2D eigenvalue weighted by Gasteiger charge is 2.56. The number of hydrogen-bond acceptors (Lipinski definition) is 6. The summed E-state index contributed by atoms with van der Waals surface area (Å²) in [5.41, 5.74) is 0.220. The highest BCUT2D eigenvalue weighted by atomic mass is 31.3. The second kappa shape index (κ2) is 21.5. The number of rotatable bonds is 17. The van der Waals surface area contributed by atoms with Crippen LogP contribution in [0, 0.1) is 0 Å². The highest BCUT2D eigenvalue weighted by Crippen LogP contribution is 2.86. The maximum atomic E-state index is 10.1. The molecule has 0 aromatic heterocycles. The van der Waals surface area contributed by atoms with Gasteiger partial charge in [0.05, 0.1) is 5.97 Å². The number of nitrogens with zero attached hydrogens (tertiary/aromatic N) is 16. The smallest absolute Gasteiger partial charge is 0.502 e. The molecule has 0 amide bonds. The molecule has 0 atom stereocenters. The highest BCUT2D eigenvalue weighted by molar-refractivity contribution is 7.87. The van der Waals surface area contributed by atoms with E-state index >= 15 is 0 Å². The largest absolute Gasteiger partial charge is 0.545 e. The van der Waals surface area contributed by atoms with Crippen LogP contribution in [-0.2, 0) is 0 Å². The summed E-state index contributed by atoms with van der Waals surface area (Å²) in [6, 6.07) is 8.06. The Hall–Kier alpha value is -0.440. The molecule has 318 valence electrons. The van der Waals surface area contributed by atoms with Crippen molar-refractivity contribution >= 4 is 43.9 Å². The monoisotopic (exact) mass is 861 g/mol. The van der Waals surface area contributed by atoms with E-state index in [1.54, 1.807) is 18.2 Å². The predicted molar refractivity (Wildman–Crippen MR) is 239 cm³/mol. The number of aromatic carboxylic acids is 1. The van der Waals surface area contributed by atoms with Crippen LogP contribution in [0.4, 0.5) is 0 Å². The third kappa shape index (κ3) is 11.4. The molecule has 0 fully saturated rings. The summed E-state index contributed by atoms with van der Waals surface area (Å²) in [6.07, 6.45) is 0. The molecular formula is C31H77N16O2P5. The first-order valence-electron chi connectivity index (χ1n) is 17.3. The molecule has 0 bridgehead atoms. The molecular weight excluding hydrogens is 783 g/mol. The van der Waals surface area contributed by atoms with Gasteiger partial charge in [0, 0.05) is 0 Å². The first kappa shape index (κ1) is 53.6. The second-order valence-electron chi connectivity index (χ2n) is 14.9. The number of hydrogen-bond donors (Lipinski definition) is 0. The van der Waals surface area contributed by atoms with Crippen LogP contribution in [0.2, 0.25) is 0 Å². The van der Waals surface area contributed by atoms with Gasteiger partial charge in [0.2, 0.25) is 30.0 Å². The quantitative estimate of drug-likeness (QED) is 0.190. The van der Waals surface area contributed by atoms with E-state index in [4.69, 9.17) is 18.1 Å². The number of carboxylic acid groups (broad SMARTS) is 1. The van der Waals surface area contributed by atoms with E-state index in [1.807, 2.05) is 0 Å². The molecule has 54 heavy (non-hydrogen) atoms. The van der Waals surface area contributed by atoms with Crippen molar-refractivity contribution < 1.29 is 9.90 Å². The third-order valence-corrected chi connectivity index (χ3v) is 29.0. The van der Waals surface area contributed by atoms with Crippen LogP contribution in [0.15, 0.2) is 48.4 Å². The van der Waals surface area contributed by atoms with Crippen molar-refractivity contribution in [2.24, 2.45) is 18.1 Å². The maximum absolute atomic E-state index is 10.1. The van der Waals surface area contributed by atoms with Crippen molar-refractivity contribution in [2.45, 2.75) is 0 Å². The Morgan fingerprint density at radius 2 is 0.556 bits per heavy atom. The Morgan fingerprint density at radius 1 is 0.389 bits per heavy atom. The summed E-state index contributed by atoms with van der Waals surface area (Å²) in [5, 5.41) is 10.1. The van der Waals surface area contributed by atoms with Crippen molar-refractivity contribution in [1.82, 2.24) is 56.0 Å². The van der Waals surface area contributed by atoms with Gasteiger partial charge in [0.1, 0.15) is 0 Å². The summed E-state index contributed by atoms with van der Waals surface area (Å²) in [7, 11) is 36.8. The molecule has 1 rings (SSSR count). The normalized spacial score (nSPS) is 13.9. The standard InChI is InChI=1S/C24H72N16P5.C7H6O2/c1-29(2)42(30(3)4,31(5)6)25-41(26-43(32(7)8,33(9)10)34(11)12,27-44(35(13)14,36(15)16)37(17)18)28-45(38(19)20,39(21)22)40(23)24;8-7(9)6-4-2-1-3-5-6/h1-24H3;1-5H,(H,8,9)/q+1;/p-1. The van der Waals surface area contributed by atoms with E-state index in [0.717, 1.165) is 0 Å². The molecule has 0 radical (unpaired) electrons. The molecule has 0 saturated heterocycles. The number of carbonyl (C=O) groups is 1. The van der Waals surface area contributed by atoms with Gasteiger partial charge in [-0.2, -0.15) is 0 Å². The minimum Gasteiger partial charge on any atom is -0.545 e. The van der Waals surface area contributed by atoms with E-state index in [9.17, 15) is 9.90 Å². The van der Waals surface area contributed by atoms with E-state index in [0.29, 0.717) is 0 Å². The average molecular weight is 861 g/mol. The van der Waals surface area contributed by atoms with Crippen molar-refractivity contribution in [2.75, 3.05) is 169 Å². The van der Waals surface area contributed by atoms with Crippen LogP contribution >= 0.6 is 37.9 Å². The van der Waals surface area contributed by atoms with Crippen LogP contribution in [-0.4, -0.2) is 231 Å². The fraction of sp³-hybridized carbons (Fsp3) is 0.774. The Balaban J connectivity index is 0.00000270. The lowest BCUT2D eigenvalue weighted by Crippen LogP contribution is -2.33. The van der Waals surface area contributed by atoms with Gasteiger partial charge < -0.3 is 9.90 Å². The van der Waals surface area contributed by atoms with Crippen LogP contribution in [0.3, 0.4) is 0 Å². The lowest BCUT2D eigenvalue weighted by atomic mass is 10.2. The topological polar surface area (TPSA) is 128 Å². The van der Waals surface area contributed by atoms with Crippen LogP contribution in [0.25, 0.3) is 0 Å². The minimum atomic E-state index is -3.43. The van der Waals surface area contributed by atoms with Crippen molar-refractivity contribution in [3.05, 3.63) is 35.9 Å². The van der Waals surface area contributed by atoms with E-state index in [2.05, 4.69) is 225 Å². The van der Waals surface area contributed by atoms with Gasteiger partial charge in [0.15, 0.2) is 0 Å². The van der Waals surface area contributed by atoms with Gasteiger partial charge in [-0.1, -0.05) is 30.3 Å². The summed E-state index contributed by atoms with van der Waals surface area (Å²) in [5.74, 6) is -1.13. The zero-order valence-electron chi connectivity index (χ0n) is 38.1. The van der Waals surface area contributed by atoms with E-state index < -0.39 is 43.9 Å². The molecule has 0 heterocycles. The molecule has 0 aliphatic heterocycles. The Morgan fingerprint density at radius 3 is 0.667 bits per heavy atom. The van der Waals surface area contributed by atoms with Gasteiger partial charge in [-0.05, 0) is 193 Å². The molecule has 0 spiro atoms. The van der Waals surface area contributed by atoms with Crippen LogP contribution < -0.4 is 5.11 Å². The first-order valence-corrected chi connectivity index (χ1v) is 25.3. The summed E-state index contributed by atoms with van der Waals surface area (Å²) in [6.45, 7) is 0. The van der Waals surface area contributed by atoms with Gasteiger partial charge in [-0.15, -0.1) is 0 Å². The molecule has 0 aliphatic rings. The fourth-order valence-electron chi connectivity index (χ4n) is 6.58. The lowest BCUT2D eigenvalue weighted by molar-refractivity contribution is -0.255. The SMILES string of the molecule is CN(C)P(=N[P+](N=P(N(C)C)(N(C)C)N(C)C)(N=P(N(C)C)(N(C)C)N(C)C)N=P(N(C)C)(N(C)C)N(C)C)(N(C)C)N(C)C.O=C([O-])c1ccccc1. The van der Waals surface area contributed by atoms with Gasteiger partial charge in [-0.3, -0.25) is 0 Å². The Kier molecular flexibility index (Phi) is 21.4. The van der Waals surface area contributed by atoms with Gasteiger partial charge in [-0.25, -0.2) is 56.0 Å². The molecule has 0 aliphatic carbocycles. The molecule has 0 saturated carbocycles. The predicted octanol–water partition coefficient (Wildman–Crippen LogP) is 5.24. The zero-order chi connectivity index (χ0) is 42.9. The van der Waals surface area contributed by atoms with Gasteiger partial charge >= 0.3 is 7.87 Å². The van der Waals surface area contributed by atoms with E-state index in [1.165, 1.54) is 12.1 Å².